The van der Waals surface area contributed by atoms with Crippen molar-refractivity contribution in [2.75, 3.05) is 16.8 Å². The molecule has 6 heteroatoms. The Bertz CT molecular complexity index is 925. The van der Waals surface area contributed by atoms with Crippen LogP contribution in [0.25, 0.3) is 0 Å². The number of anilines is 2. The maximum Gasteiger partial charge on any atom is 0.258 e. The second-order valence-electron chi connectivity index (χ2n) is 6.17. The summed E-state index contributed by atoms with van der Waals surface area (Å²) in [5.74, 6) is 0.394. The molecule has 3 aromatic rings. The molecule has 130 valence electrons. The van der Waals surface area contributed by atoms with E-state index in [1.807, 2.05) is 6.07 Å². The predicted octanol–water partition coefficient (Wildman–Crippen LogP) is 3.95. The van der Waals surface area contributed by atoms with Crippen LogP contribution in [0.1, 0.15) is 21.5 Å². The van der Waals surface area contributed by atoms with Gasteiger partial charge in [-0.2, -0.15) is 0 Å². The summed E-state index contributed by atoms with van der Waals surface area (Å²) in [6, 6.07) is 15.4. The number of halogens is 1. The van der Waals surface area contributed by atoms with Crippen LogP contribution in [0.2, 0.25) is 5.02 Å². The monoisotopic (exact) mass is 364 g/mol. The van der Waals surface area contributed by atoms with E-state index in [4.69, 9.17) is 11.6 Å². The van der Waals surface area contributed by atoms with Crippen molar-refractivity contribution >= 4 is 29.1 Å². The Morgan fingerprint density at radius 1 is 1.00 bits per heavy atom. The van der Waals surface area contributed by atoms with Gasteiger partial charge in [0, 0.05) is 36.2 Å². The lowest BCUT2D eigenvalue weighted by molar-refractivity contribution is 0.102. The van der Waals surface area contributed by atoms with Crippen molar-refractivity contribution < 1.29 is 4.79 Å². The standard InChI is InChI=1S/C20H17ClN4O/c21-17-5-7-18(8-6-17)24-19(26)16-11-22-20(23-12-16)25-10-9-14-3-1-2-4-15(14)13-25/h1-8,11-12H,9-10,13H2,(H,24,26). The highest BCUT2D eigenvalue weighted by molar-refractivity contribution is 6.30. The van der Waals surface area contributed by atoms with E-state index in [1.54, 1.807) is 36.7 Å². The maximum absolute atomic E-state index is 12.3. The number of hydrogen-bond acceptors (Lipinski definition) is 4. The van der Waals surface area contributed by atoms with E-state index < -0.39 is 0 Å². The van der Waals surface area contributed by atoms with Gasteiger partial charge in [-0.3, -0.25) is 4.79 Å². The molecule has 5 nitrogen and oxygen atoms in total. The van der Waals surface area contributed by atoms with Gasteiger partial charge in [0.25, 0.3) is 5.91 Å². The molecule has 0 aliphatic carbocycles. The van der Waals surface area contributed by atoms with Crippen LogP contribution < -0.4 is 10.2 Å². The molecular weight excluding hydrogens is 348 g/mol. The number of benzene rings is 2. The quantitative estimate of drug-likeness (QED) is 0.764. The zero-order chi connectivity index (χ0) is 17.9. The summed E-state index contributed by atoms with van der Waals surface area (Å²) in [5, 5.41) is 3.43. The highest BCUT2D eigenvalue weighted by atomic mass is 35.5. The molecule has 2 aromatic carbocycles. The van der Waals surface area contributed by atoms with E-state index in [2.05, 4.69) is 38.4 Å². The largest absolute Gasteiger partial charge is 0.336 e. The summed E-state index contributed by atoms with van der Waals surface area (Å²) in [6.07, 6.45) is 4.10. The van der Waals surface area contributed by atoms with Gasteiger partial charge in [0.05, 0.1) is 5.56 Å². The minimum Gasteiger partial charge on any atom is -0.336 e. The topological polar surface area (TPSA) is 58.1 Å². The highest BCUT2D eigenvalue weighted by Crippen LogP contribution is 2.21. The lowest BCUT2D eigenvalue weighted by atomic mass is 10.0. The number of nitrogens with zero attached hydrogens (tertiary/aromatic N) is 3. The van der Waals surface area contributed by atoms with Crippen LogP contribution in [0.5, 0.6) is 0 Å². The summed E-state index contributed by atoms with van der Waals surface area (Å²) in [5.41, 5.74) is 3.77. The second kappa shape index (κ2) is 7.14. The van der Waals surface area contributed by atoms with Crippen molar-refractivity contribution in [1.29, 1.82) is 0 Å². The molecule has 0 radical (unpaired) electrons. The van der Waals surface area contributed by atoms with E-state index in [0.717, 1.165) is 19.5 Å². The van der Waals surface area contributed by atoms with Crippen LogP contribution in [-0.4, -0.2) is 22.4 Å². The van der Waals surface area contributed by atoms with E-state index in [9.17, 15) is 4.79 Å². The van der Waals surface area contributed by atoms with Crippen molar-refractivity contribution in [2.45, 2.75) is 13.0 Å². The fourth-order valence-electron chi connectivity index (χ4n) is 3.00. The molecule has 1 amide bonds. The fraction of sp³-hybridized carbons (Fsp3) is 0.150. The zero-order valence-electron chi connectivity index (χ0n) is 14.0. The minimum atomic E-state index is -0.247. The Morgan fingerprint density at radius 3 is 2.42 bits per heavy atom. The molecule has 0 saturated carbocycles. The van der Waals surface area contributed by atoms with Crippen LogP contribution in [0.15, 0.2) is 60.9 Å². The number of carbonyl (C=O) groups is 1. The molecule has 0 fully saturated rings. The second-order valence-corrected chi connectivity index (χ2v) is 6.61. The normalized spacial score (nSPS) is 13.2. The number of nitrogens with one attached hydrogen (secondary N) is 1. The Balaban J connectivity index is 1.45. The summed E-state index contributed by atoms with van der Waals surface area (Å²) < 4.78 is 0. The molecule has 0 spiro atoms. The fourth-order valence-corrected chi connectivity index (χ4v) is 3.13. The third kappa shape index (κ3) is 3.53. The molecule has 2 heterocycles. The average molecular weight is 365 g/mol. The molecule has 0 atom stereocenters. The summed E-state index contributed by atoms with van der Waals surface area (Å²) in [6.45, 7) is 1.65. The number of carbonyl (C=O) groups excluding carboxylic acids is 1. The molecule has 1 aliphatic heterocycles. The van der Waals surface area contributed by atoms with Gasteiger partial charge in [-0.05, 0) is 41.8 Å². The number of amides is 1. The molecular formula is C20H17ClN4O. The zero-order valence-corrected chi connectivity index (χ0v) is 14.8. The molecule has 1 aliphatic rings. The first kappa shape index (κ1) is 16.5. The first-order valence-electron chi connectivity index (χ1n) is 8.40. The molecule has 1 aromatic heterocycles. The Kier molecular flexibility index (Phi) is 4.54. The van der Waals surface area contributed by atoms with Crippen LogP contribution in [0.4, 0.5) is 11.6 Å². The molecule has 0 unspecified atom stereocenters. The maximum atomic E-state index is 12.3. The van der Waals surface area contributed by atoms with Crippen LogP contribution in [-0.2, 0) is 13.0 Å². The van der Waals surface area contributed by atoms with Gasteiger partial charge in [0.2, 0.25) is 5.95 Å². The van der Waals surface area contributed by atoms with Gasteiger partial charge < -0.3 is 10.2 Å². The molecule has 26 heavy (non-hydrogen) atoms. The van der Waals surface area contributed by atoms with Gasteiger partial charge in [0.1, 0.15) is 0 Å². The van der Waals surface area contributed by atoms with Gasteiger partial charge in [-0.15, -0.1) is 0 Å². The number of hydrogen-bond donors (Lipinski definition) is 1. The molecule has 0 saturated heterocycles. The Morgan fingerprint density at radius 2 is 1.69 bits per heavy atom. The first-order chi connectivity index (χ1) is 12.7. The smallest absolute Gasteiger partial charge is 0.258 e. The summed E-state index contributed by atoms with van der Waals surface area (Å²) >= 11 is 5.85. The van der Waals surface area contributed by atoms with Gasteiger partial charge >= 0.3 is 0 Å². The summed E-state index contributed by atoms with van der Waals surface area (Å²) in [4.78, 5) is 23.2. The van der Waals surface area contributed by atoms with Crippen molar-refractivity contribution in [2.24, 2.45) is 0 Å². The molecule has 4 rings (SSSR count). The Hall–Kier alpha value is -2.92. The average Bonchev–Trinajstić information content (AvgIpc) is 2.69. The number of aromatic nitrogens is 2. The third-order valence-corrected chi connectivity index (χ3v) is 4.67. The SMILES string of the molecule is O=C(Nc1ccc(Cl)cc1)c1cnc(N2CCc3ccccc3C2)nc1. The highest BCUT2D eigenvalue weighted by Gasteiger charge is 2.18. The van der Waals surface area contributed by atoms with E-state index >= 15 is 0 Å². The van der Waals surface area contributed by atoms with Gasteiger partial charge in [-0.25, -0.2) is 9.97 Å². The van der Waals surface area contributed by atoms with Crippen LogP contribution in [0, 0.1) is 0 Å². The van der Waals surface area contributed by atoms with Crippen LogP contribution >= 0.6 is 11.6 Å². The van der Waals surface area contributed by atoms with E-state index in [0.29, 0.717) is 22.2 Å². The summed E-state index contributed by atoms with van der Waals surface area (Å²) in [7, 11) is 0. The van der Waals surface area contributed by atoms with Crippen molar-refractivity contribution in [3.63, 3.8) is 0 Å². The lowest BCUT2D eigenvalue weighted by Crippen LogP contribution is -2.31. The molecule has 0 bridgehead atoms. The third-order valence-electron chi connectivity index (χ3n) is 4.42. The van der Waals surface area contributed by atoms with E-state index in [1.165, 1.54) is 11.1 Å². The van der Waals surface area contributed by atoms with Gasteiger partial charge in [0.15, 0.2) is 0 Å². The van der Waals surface area contributed by atoms with Crippen molar-refractivity contribution in [3.05, 3.63) is 82.6 Å². The van der Waals surface area contributed by atoms with E-state index in [-0.39, 0.29) is 5.91 Å². The lowest BCUT2D eigenvalue weighted by Gasteiger charge is -2.28. The first-order valence-corrected chi connectivity index (χ1v) is 8.77. The minimum absolute atomic E-state index is 0.247. The number of fused-ring (bicyclic) bond motifs is 1. The predicted molar refractivity (Wildman–Crippen MR) is 103 cm³/mol. The van der Waals surface area contributed by atoms with Crippen molar-refractivity contribution in [1.82, 2.24) is 9.97 Å². The van der Waals surface area contributed by atoms with Crippen LogP contribution in [0.3, 0.4) is 0 Å². The number of rotatable bonds is 3. The molecule has 1 N–H and O–H groups in total. The van der Waals surface area contributed by atoms with Gasteiger partial charge in [-0.1, -0.05) is 35.9 Å². The Labute approximate surface area is 156 Å². The van der Waals surface area contributed by atoms with Crippen molar-refractivity contribution in [3.8, 4) is 0 Å².